The van der Waals surface area contributed by atoms with E-state index in [1.54, 1.807) is 0 Å². The molecule has 1 fully saturated rings. The van der Waals surface area contributed by atoms with Gasteiger partial charge in [-0.2, -0.15) is 0 Å². The molecule has 0 radical (unpaired) electrons. The average Bonchev–Trinajstić information content (AvgIpc) is 3.39. The number of amidine groups is 1. The highest BCUT2D eigenvalue weighted by Crippen LogP contribution is 2.46. The zero-order valence-corrected chi connectivity index (χ0v) is 18.1. The van der Waals surface area contributed by atoms with Crippen LogP contribution in [-0.4, -0.2) is 41.0 Å². The number of ether oxygens (including phenoxy) is 2. The van der Waals surface area contributed by atoms with Gasteiger partial charge in [-0.3, -0.25) is 4.79 Å². The van der Waals surface area contributed by atoms with Crippen LogP contribution < -0.4 is 5.73 Å². The molecule has 3 N–H and O–H groups in total. The molecule has 1 aliphatic rings. The first-order valence-corrected chi connectivity index (χ1v) is 10.5. The van der Waals surface area contributed by atoms with E-state index in [9.17, 15) is 4.79 Å². The lowest BCUT2D eigenvalue weighted by Crippen LogP contribution is -2.25. The predicted molar refractivity (Wildman–Crippen MR) is 109 cm³/mol. The van der Waals surface area contributed by atoms with E-state index in [1.807, 2.05) is 20.8 Å². The third kappa shape index (κ3) is 7.34. The number of hydrogen-bond donors (Lipinski definition) is 2. The predicted octanol–water partition coefficient (Wildman–Crippen LogP) is 4.06. The lowest BCUT2D eigenvalue weighted by atomic mass is 9.90. The highest BCUT2D eigenvalue weighted by molar-refractivity contribution is 5.96. The van der Waals surface area contributed by atoms with E-state index in [2.05, 4.69) is 17.2 Å². The molecule has 0 saturated heterocycles. The summed E-state index contributed by atoms with van der Waals surface area (Å²) < 4.78 is 16.6. The lowest BCUT2D eigenvalue weighted by molar-refractivity contribution is -0.155. The summed E-state index contributed by atoms with van der Waals surface area (Å²) in [5, 5.41) is 16.4. The Bertz CT molecular complexity index is 689. The van der Waals surface area contributed by atoms with Crippen LogP contribution in [0.5, 0.6) is 0 Å². The van der Waals surface area contributed by atoms with Gasteiger partial charge in [-0.05, 0) is 58.8 Å². The number of esters is 1. The number of hydrogen-bond acceptors (Lipinski definition) is 7. The largest absolute Gasteiger partial charge is 0.460 e. The Morgan fingerprint density at radius 3 is 2.62 bits per heavy atom. The molecule has 164 valence electrons. The highest BCUT2D eigenvalue weighted by Gasteiger charge is 2.37. The Morgan fingerprint density at radius 1 is 1.34 bits per heavy atom. The third-order valence-electron chi connectivity index (χ3n) is 4.79. The fourth-order valence-corrected chi connectivity index (χ4v) is 3.30. The van der Waals surface area contributed by atoms with Crippen LogP contribution >= 0.6 is 0 Å². The molecule has 0 aliphatic heterocycles. The quantitative estimate of drug-likeness (QED) is 0.133. The Hall–Kier alpha value is -2.09. The number of nitrogens with two attached hydrogens (primary N) is 1. The van der Waals surface area contributed by atoms with E-state index < -0.39 is 5.60 Å². The van der Waals surface area contributed by atoms with Crippen molar-refractivity contribution in [3.05, 3.63) is 17.0 Å². The van der Waals surface area contributed by atoms with E-state index in [4.69, 9.17) is 24.9 Å². The summed E-state index contributed by atoms with van der Waals surface area (Å²) >= 11 is 0. The van der Waals surface area contributed by atoms with Gasteiger partial charge in [0.25, 0.3) is 0 Å². The molecule has 1 aromatic heterocycles. The molecule has 0 bridgehead atoms. The van der Waals surface area contributed by atoms with E-state index in [0.717, 1.165) is 44.3 Å². The first-order valence-electron chi connectivity index (χ1n) is 10.5. The minimum Gasteiger partial charge on any atom is -0.460 e. The van der Waals surface area contributed by atoms with Gasteiger partial charge in [-0.1, -0.05) is 23.7 Å². The molecular formula is C21H35N3O5. The van der Waals surface area contributed by atoms with Crippen LogP contribution in [0, 0.1) is 0 Å². The maximum atomic E-state index is 12.5. The fraction of sp³-hybridized carbons (Fsp3) is 0.762. The number of aromatic nitrogens is 1. The van der Waals surface area contributed by atoms with Crippen LogP contribution in [0.15, 0.2) is 9.68 Å². The minimum absolute atomic E-state index is 0.0930. The molecule has 0 spiro atoms. The van der Waals surface area contributed by atoms with Gasteiger partial charge >= 0.3 is 5.97 Å². The van der Waals surface area contributed by atoms with E-state index in [1.165, 1.54) is 0 Å². The minimum atomic E-state index is -0.548. The van der Waals surface area contributed by atoms with Crippen LogP contribution in [0.2, 0.25) is 0 Å². The summed E-state index contributed by atoms with van der Waals surface area (Å²) in [6.07, 6.45) is 5.86. The highest BCUT2D eigenvalue weighted by atomic mass is 16.6. The molecule has 1 aromatic rings. The maximum Gasteiger partial charge on any atom is 0.306 e. The molecule has 0 amide bonds. The summed E-state index contributed by atoms with van der Waals surface area (Å²) in [6, 6.07) is 0. The summed E-state index contributed by atoms with van der Waals surface area (Å²) in [5.74, 6) is 0.0418. The molecule has 1 heterocycles. The zero-order valence-electron chi connectivity index (χ0n) is 18.1. The Morgan fingerprint density at radius 2 is 2.03 bits per heavy atom. The fourth-order valence-electron chi connectivity index (χ4n) is 3.30. The van der Waals surface area contributed by atoms with Crippen molar-refractivity contribution in [3.63, 3.8) is 0 Å². The van der Waals surface area contributed by atoms with Crippen LogP contribution in [-0.2, 0) is 14.3 Å². The number of carbonyl (C=O) groups excluding carboxylic acids is 1. The number of nitrogens with zero attached hydrogens (tertiary/aromatic N) is 2. The second-order valence-corrected chi connectivity index (χ2v) is 8.67. The molecule has 0 aromatic carbocycles. The summed E-state index contributed by atoms with van der Waals surface area (Å²) in [5.41, 5.74) is 6.81. The van der Waals surface area contributed by atoms with Gasteiger partial charge in [0.05, 0.1) is 12.1 Å². The number of unbranched alkanes of at least 4 members (excludes halogenated alkanes) is 1. The topological polar surface area (TPSA) is 120 Å². The lowest BCUT2D eigenvalue weighted by Gasteiger charge is -2.22. The van der Waals surface area contributed by atoms with Crippen molar-refractivity contribution in [3.8, 4) is 0 Å². The molecule has 1 atom stereocenters. The third-order valence-corrected chi connectivity index (χ3v) is 4.79. The maximum absolute atomic E-state index is 12.5. The van der Waals surface area contributed by atoms with Gasteiger partial charge in [-0.15, -0.1) is 0 Å². The van der Waals surface area contributed by atoms with E-state index in [-0.39, 0.29) is 30.1 Å². The van der Waals surface area contributed by atoms with Gasteiger partial charge in [0.15, 0.2) is 0 Å². The van der Waals surface area contributed by atoms with Crippen LogP contribution in [0.25, 0.3) is 0 Å². The number of rotatable bonds is 12. The summed E-state index contributed by atoms with van der Waals surface area (Å²) in [6.45, 7) is 9.06. The first kappa shape index (κ1) is 23.2. The normalized spacial score (nSPS) is 16.1. The smallest absolute Gasteiger partial charge is 0.306 e. The van der Waals surface area contributed by atoms with E-state index in [0.29, 0.717) is 24.5 Å². The van der Waals surface area contributed by atoms with Crippen molar-refractivity contribution in [2.75, 3.05) is 13.2 Å². The van der Waals surface area contributed by atoms with Crippen molar-refractivity contribution in [1.82, 2.24) is 5.16 Å². The van der Waals surface area contributed by atoms with Gasteiger partial charge in [0, 0.05) is 24.7 Å². The molecule has 29 heavy (non-hydrogen) atoms. The average molecular weight is 410 g/mol. The second kappa shape index (κ2) is 10.6. The van der Waals surface area contributed by atoms with Crippen molar-refractivity contribution in [1.29, 1.82) is 0 Å². The SMILES string of the molecule is CCCCOCCC[C@@H](CC(=O)OC(C)(C)C)c1noc(/C(N)=N/O)c1C1CC1. The summed E-state index contributed by atoms with van der Waals surface area (Å²) in [4.78, 5) is 12.5. The number of carbonyl (C=O) groups is 1. The van der Waals surface area contributed by atoms with Crippen molar-refractivity contribution < 1.29 is 24.0 Å². The molecule has 1 aliphatic carbocycles. The second-order valence-electron chi connectivity index (χ2n) is 8.67. The Kier molecular flexibility index (Phi) is 8.49. The van der Waals surface area contributed by atoms with Crippen LogP contribution in [0.4, 0.5) is 0 Å². The van der Waals surface area contributed by atoms with Gasteiger partial charge in [0.2, 0.25) is 11.6 Å². The van der Waals surface area contributed by atoms with Crippen molar-refractivity contribution >= 4 is 11.8 Å². The molecule has 8 nitrogen and oxygen atoms in total. The Balaban J connectivity index is 2.15. The van der Waals surface area contributed by atoms with E-state index >= 15 is 0 Å². The van der Waals surface area contributed by atoms with Crippen LogP contribution in [0.3, 0.4) is 0 Å². The molecule has 1 saturated carbocycles. The van der Waals surface area contributed by atoms with Gasteiger partial charge in [0.1, 0.15) is 5.60 Å². The zero-order chi connectivity index (χ0) is 21.4. The van der Waals surface area contributed by atoms with Crippen molar-refractivity contribution in [2.24, 2.45) is 10.9 Å². The number of oxime groups is 1. The van der Waals surface area contributed by atoms with Gasteiger partial charge in [-0.25, -0.2) is 0 Å². The Labute approximate surface area is 172 Å². The standard InChI is InChI=1S/C21H35N3O5/c1-5-6-11-27-12-7-8-15(13-16(25)28-21(2,3)4)18-17(14-9-10-14)19(29-24-18)20(22)23-26/h14-15,26H,5-13H2,1-4H3,(H2,22,23)/t15-/m0/s1. The molecule has 2 rings (SSSR count). The molecule has 8 heteroatoms. The first-order chi connectivity index (χ1) is 13.8. The summed E-state index contributed by atoms with van der Waals surface area (Å²) in [7, 11) is 0. The monoisotopic (exact) mass is 409 g/mol. The molecule has 0 unspecified atom stereocenters. The molecular weight excluding hydrogens is 374 g/mol. The van der Waals surface area contributed by atoms with Crippen LogP contribution in [0.1, 0.15) is 101 Å². The van der Waals surface area contributed by atoms with Gasteiger partial charge < -0.3 is 24.9 Å². The van der Waals surface area contributed by atoms with Crippen molar-refractivity contribution in [2.45, 2.75) is 90.1 Å².